The SMILES string of the molecule is Cc1ccc(NC(=O)COc2c(Cl)cc(/C=C3/C(=O)NC(=S)N(c4ccccc4)C3=O)cc2Cl)cc1. The van der Waals surface area contributed by atoms with Crippen LogP contribution in [-0.4, -0.2) is 29.4 Å². The van der Waals surface area contributed by atoms with Crippen LogP contribution in [0, 0.1) is 6.92 Å². The number of carbonyl (C=O) groups is 3. The summed E-state index contributed by atoms with van der Waals surface area (Å²) in [4.78, 5) is 39.1. The molecule has 1 aliphatic rings. The molecule has 1 aliphatic heterocycles. The fourth-order valence-electron chi connectivity index (χ4n) is 3.41. The number of aryl methyl sites for hydroxylation is 1. The molecule has 0 bridgehead atoms. The van der Waals surface area contributed by atoms with E-state index in [-0.39, 0.29) is 33.1 Å². The monoisotopic (exact) mass is 539 g/mol. The molecule has 0 unspecified atom stereocenters. The van der Waals surface area contributed by atoms with Gasteiger partial charge in [0.05, 0.1) is 15.7 Å². The van der Waals surface area contributed by atoms with Crippen LogP contribution in [0.15, 0.2) is 72.3 Å². The van der Waals surface area contributed by atoms with Crippen LogP contribution in [0.2, 0.25) is 10.0 Å². The Balaban J connectivity index is 1.51. The van der Waals surface area contributed by atoms with Crippen LogP contribution in [0.25, 0.3) is 6.08 Å². The lowest BCUT2D eigenvalue weighted by Gasteiger charge is -2.28. The van der Waals surface area contributed by atoms with E-state index in [1.54, 1.807) is 42.5 Å². The smallest absolute Gasteiger partial charge is 0.270 e. The third-order valence-corrected chi connectivity index (χ3v) is 5.98. The Hall–Kier alpha value is -3.72. The minimum Gasteiger partial charge on any atom is -0.481 e. The molecular weight excluding hydrogens is 521 g/mol. The summed E-state index contributed by atoms with van der Waals surface area (Å²) in [6.07, 6.45) is 1.36. The van der Waals surface area contributed by atoms with Gasteiger partial charge in [-0.15, -0.1) is 0 Å². The number of rotatable bonds is 6. The summed E-state index contributed by atoms with van der Waals surface area (Å²) in [6, 6.07) is 19.0. The molecule has 1 fully saturated rings. The zero-order valence-corrected chi connectivity index (χ0v) is 21.2. The van der Waals surface area contributed by atoms with Crippen LogP contribution in [0.1, 0.15) is 11.1 Å². The van der Waals surface area contributed by atoms with E-state index in [0.717, 1.165) is 5.56 Å². The lowest BCUT2D eigenvalue weighted by molar-refractivity contribution is -0.122. The lowest BCUT2D eigenvalue weighted by atomic mass is 10.1. The van der Waals surface area contributed by atoms with Gasteiger partial charge < -0.3 is 10.1 Å². The molecule has 3 aromatic rings. The van der Waals surface area contributed by atoms with Crippen LogP contribution in [-0.2, 0) is 14.4 Å². The average molecular weight is 540 g/mol. The Morgan fingerprint density at radius 2 is 1.69 bits per heavy atom. The molecule has 4 rings (SSSR count). The number of nitrogens with zero attached hydrogens (tertiary/aromatic N) is 1. The molecule has 36 heavy (non-hydrogen) atoms. The van der Waals surface area contributed by atoms with Crippen molar-refractivity contribution in [2.75, 3.05) is 16.8 Å². The Labute approximate surface area is 222 Å². The van der Waals surface area contributed by atoms with E-state index in [0.29, 0.717) is 16.9 Å². The average Bonchev–Trinajstić information content (AvgIpc) is 2.83. The van der Waals surface area contributed by atoms with Gasteiger partial charge in [-0.3, -0.25) is 24.6 Å². The highest BCUT2D eigenvalue weighted by Gasteiger charge is 2.34. The summed E-state index contributed by atoms with van der Waals surface area (Å²) in [7, 11) is 0. The zero-order valence-electron chi connectivity index (χ0n) is 18.9. The summed E-state index contributed by atoms with van der Waals surface area (Å²) < 4.78 is 5.53. The maximum atomic E-state index is 13.1. The Kier molecular flexibility index (Phi) is 7.69. The van der Waals surface area contributed by atoms with Crippen molar-refractivity contribution < 1.29 is 19.1 Å². The molecule has 7 nitrogen and oxygen atoms in total. The van der Waals surface area contributed by atoms with Gasteiger partial charge in [-0.05, 0) is 67.2 Å². The predicted octanol–water partition coefficient (Wildman–Crippen LogP) is 5.15. The first-order chi connectivity index (χ1) is 17.2. The first-order valence-corrected chi connectivity index (χ1v) is 11.8. The van der Waals surface area contributed by atoms with Crippen LogP contribution in [0.5, 0.6) is 5.75 Å². The van der Waals surface area contributed by atoms with E-state index in [1.807, 2.05) is 19.1 Å². The molecule has 3 aromatic carbocycles. The maximum Gasteiger partial charge on any atom is 0.270 e. The van der Waals surface area contributed by atoms with Gasteiger partial charge in [0.1, 0.15) is 5.57 Å². The van der Waals surface area contributed by atoms with E-state index in [2.05, 4.69) is 10.6 Å². The Bertz CT molecular complexity index is 1370. The Morgan fingerprint density at radius 3 is 2.33 bits per heavy atom. The molecule has 0 aromatic heterocycles. The van der Waals surface area contributed by atoms with Gasteiger partial charge in [0.25, 0.3) is 17.7 Å². The highest BCUT2D eigenvalue weighted by molar-refractivity contribution is 7.80. The second kappa shape index (κ2) is 10.9. The van der Waals surface area contributed by atoms with E-state index < -0.39 is 17.7 Å². The van der Waals surface area contributed by atoms with Crippen LogP contribution in [0.4, 0.5) is 11.4 Å². The molecule has 182 valence electrons. The number of nitrogens with one attached hydrogen (secondary N) is 2. The maximum absolute atomic E-state index is 13.1. The van der Waals surface area contributed by atoms with Crippen LogP contribution >= 0.6 is 35.4 Å². The molecule has 0 saturated carbocycles. The largest absolute Gasteiger partial charge is 0.481 e. The van der Waals surface area contributed by atoms with Gasteiger partial charge in [-0.25, -0.2) is 0 Å². The highest BCUT2D eigenvalue weighted by Crippen LogP contribution is 2.35. The number of amides is 3. The van der Waals surface area contributed by atoms with Gasteiger partial charge in [0.15, 0.2) is 17.5 Å². The number of hydrogen-bond acceptors (Lipinski definition) is 5. The first-order valence-electron chi connectivity index (χ1n) is 10.7. The van der Waals surface area contributed by atoms with Gasteiger partial charge in [-0.1, -0.05) is 59.1 Å². The Morgan fingerprint density at radius 1 is 1.06 bits per heavy atom. The van der Waals surface area contributed by atoms with Crippen molar-refractivity contribution in [2.45, 2.75) is 6.92 Å². The quantitative estimate of drug-likeness (QED) is 0.257. The van der Waals surface area contributed by atoms with Crippen molar-refractivity contribution in [3.8, 4) is 5.75 Å². The topological polar surface area (TPSA) is 87.7 Å². The summed E-state index contributed by atoms with van der Waals surface area (Å²) in [5.74, 6) is -1.52. The molecule has 0 radical (unpaired) electrons. The van der Waals surface area contributed by atoms with Crippen molar-refractivity contribution in [1.29, 1.82) is 0 Å². The van der Waals surface area contributed by atoms with Gasteiger partial charge in [-0.2, -0.15) is 0 Å². The van der Waals surface area contributed by atoms with E-state index in [9.17, 15) is 14.4 Å². The molecule has 2 N–H and O–H groups in total. The number of carbonyl (C=O) groups excluding carboxylic acids is 3. The van der Waals surface area contributed by atoms with Crippen molar-refractivity contribution in [2.24, 2.45) is 0 Å². The number of anilines is 2. The number of hydrogen-bond donors (Lipinski definition) is 2. The van der Waals surface area contributed by atoms with Gasteiger partial charge in [0, 0.05) is 5.69 Å². The number of ether oxygens (including phenoxy) is 1. The third-order valence-electron chi connectivity index (χ3n) is 5.13. The van der Waals surface area contributed by atoms with Gasteiger partial charge >= 0.3 is 0 Å². The molecule has 10 heteroatoms. The van der Waals surface area contributed by atoms with E-state index >= 15 is 0 Å². The molecular formula is C26H19Cl2N3O4S. The minimum atomic E-state index is -0.641. The number of benzene rings is 3. The molecule has 0 aliphatic carbocycles. The predicted molar refractivity (Wildman–Crippen MR) is 144 cm³/mol. The first kappa shape index (κ1) is 25.4. The fourth-order valence-corrected chi connectivity index (χ4v) is 4.30. The minimum absolute atomic E-state index is 0.0166. The second-order valence-electron chi connectivity index (χ2n) is 7.81. The van der Waals surface area contributed by atoms with E-state index in [4.69, 9.17) is 40.2 Å². The van der Waals surface area contributed by atoms with Crippen molar-refractivity contribution in [1.82, 2.24) is 5.32 Å². The molecule has 0 atom stereocenters. The zero-order chi connectivity index (χ0) is 25.8. The number of halogens is 2. The van der Waals surface area contributed by atoms with E-state index in [1.165, 1.54) is 23.1 Å². The molecule has 3 amide bonds. The number of para-hydroxylation sites is 1. The fraction of sp³-hybridized carbons (Fsp3) is 0.0769. The molecule has 0 spiro atoms. The molecule has 1 saturated heterocycles. The summed E-state index contributed by atoms with van der Waals surface area (Å²) in [6.45, 7) is 1.63. The summed E-state index contributed by atoms with van der Waals surface area (Å²) in [5.41, 5.74) is 2.46. The molecule has 1 heterocycles. The number of thiocarbonyl (C=S) groups is 1. The van der Waals surface area contributed by atoms with Crippen molar-refractivity contribution in [3.05, 3.63) is 93.5 Å². The van der Waals surface area contributed by atoms with Crippen molar-refractivity contribution >= 4 is 75.7 Å². The second-order valence-corrected chi connectivity index (χ2v) is 9.01. The third kappa shape index (κ3) is 5.73. The standard InChI is InChI=1S/C26H19Cl2N3O4S/c1-15-7-9-17(10-8-15)29-22(32)14-35-23-20(27)12-16(13-21(23)28)11-19-24(33)30-26(36)31(25(19)34)18-5-3-2-4-6-18/h2-13H,14H2,1H3,(H,29,32)(H,30,33,36)/b19-11-. The summed E-state index contributed by atoms with van der Waals surface area (Å²) >= 11 is 17.9. The van der Waals surface area contributed by atoms with Crippen molar-refractivity contribution in [3.63, 3.8) is 0 Å². The summed E-state index contributed by atoms with van der Waals surface area (Å²) in [5, 5.41) is 5.44. The lowest BCUT2D eigenvalue weighted by Crippen LogP contribution is -2.54. The normalized spacial score (nSPS) is 14.6. The highest BCUT2D eigenvalue weighted by atomic mass is 35.5. The van der Waals surface area contributed by atoms with Crippen LogP contribution in [0.3, 0.4) is 0 Å². The van der Waals surface area contributed by atoms with Gasteiger partial charge in [0.2, 0.25) is 0 Å². The van der Waals surface area contributed by atoms with Crippen LogP contribution < -0.4 is 20.3 Å².